The molecule has 2 aliphatic heterocycles. The Morgan fingerprint density at radius 2 is 0.842 bits per heavy atom. The van der Waals surface area contributed by atoms with E-state index in [1.807, 2.05) is 6.92 Å². The summed E-state index contributed by atoms with van der Waals surface area (Å²) in [6, 6.07) is -11.2. The van der Waals surface area contributed by atoms with Crippen LogP contribution in [0, 0.1) is 0 Å². The van der Waals surface area contributed by atoms with E-state index < -0.39 is 212 Å². The average molecular weight is 1920 g/mol. The van der Waals surface area contributed by atoms with Crippen molar-refractivity contribution >= 4 is 74.8 Å². The smallest absolute Gasteiger partial charge is 0.480 e. The van der Waals surface area contributed by atoms with Crippen molar-refractivity contribution in [3.63, 3.8) is 0 Å². The number of nitrogens with one attached hydrogen (secondary N) is 7. The van der Waals surface area contributed by atoms with Crippen LogP contribution in [0.2, 0.25) is 0 Å². The molecular formula is C95H157N9O27P2. The number of phosphoric acid groups is 2. The number of allylic oxidation sites excluding steroid dienone is 21. The van der Waals surface area contributed by atoms with Crippen molar-refractivity contribution in [2.45, 2.75) is 382 Å². The first kappa shape index (κ1) is 121. The molecule has 2 saturated heterocycles. The largest absolute Gasteiger partial charge is 0.483 e. The highest BCUT2D eigenvalue weighted by Gasteiger charge is 2.55. The van der Waals surface area contributed by atoms with E-state index in [4.69, 9.17) is 44.6 Å². The van der Waals surface area contributed by atoms with E-state index >= 15 is 0 Å². The minimum atomic E-state index is -5.96. The van der Waals surface area contributed by atoms with Gasteiger partial charge in [0, 0.05) is 26.8 Å². The molecule has 0 radical (unpaired) electrons. The zero-order valence-electron chi connectivity index (χ0n) is 81.2. The number of carbonyl (C=O) groups is 10. The van der Waals surface area contributed by atoms with Crippen LogP contribution < -0.4 is 48.7 Å². The molecule has 0 aromatic heterocycles. The highest BCUT2D eigenvalue weighted by Crippen LogP contribution is 2.61. The van der Waals surface area contributed by atoms with Gasteiger partial charge in [-0.15, -0.1) is 0 Å². The number of amides is 8. The summed E-state index contributed by atoms with van der Waals surface area (Å²) in [4.78, 5) is 149. The van der Waals surface area contributed by atoms with Gasteiger partial charge in [0.25, 0.3) is 0 Å². The minimum Gasteiger partial charge on any atom is -0.480 e. The lowest BCUT2D eigenvalue weighted by atomic mass is 9.94. The molecule has 0 bridgehead atoms. The molecule has 0 aromatic carbocycles. The van der Waals surface area contributed by atoms with Crippen molar-refractivity contribution in [3.05, 3.63) is 128 Å². The molecule has 38 heteroatoms. The summed E-state index contributed by atoms with van der Waals surface area (Å²) in [5.41, 5.74) is 25.7. The van der Waals surface area contributed by atoms with Gasteiger partial charge in [0.05, 0.1) is 26.2 Å². The van der Waals surface area contributed by atoms with Crippen LogP contribution in [0.25, 0.3) is 0 Å². The second-order valence-corrected chi connectivity index (χ2v) is 38.2. The monoisotopic (exact) mass is 1920 g/mol. The lowest BCUT2D eigenvalue weighted by Gasteiger charge is -2.49. The molecule has 36 nitrogen and oxygen atoms in total. The number of aliphatic hydroxyl groups is 4. The summed E-state index contributed by atoms with van der Waals surface area (Å²) < 4.78 is 66.4. The number of carboxylic acids is 2. The van der Waals surface area contributed by atoms with Crippen molar-refractivity contribution in [2.75, 3.05) is 26.4 Å². The second kappa shape index (κ2) is 64.7. The Kier molecular flexibility index (Phi) is 58.8. The van der Waals surface area contributed by atoms with Crippen molar-refractivity contribution in [1.29, 1.82) is 0 Å². The molecule has 133 heavy (non-hydrogen) atoms. The van der Waals surface area contributed by atoms with E-state index in [-0.39, 0.29) is 25.8 Å². The van der Waals surface area contributed by atoms with Crippen molar-refractivity contribution in [3.8, 4) is 0 Å². The van der Waals surface area contributed by atoms with Crippen LogP contribution in [0.15, 0.2) is 128 Å². The molecule has 754 valence electrons. The Balaban J connectivity index is 2.09. The van der Waals surface area contributed by atoms with Gasteiger partial charge < -0.3 is 108 Å². The molecule has 2 rings (SSSR count). The molecule has 18 atom stereocenters. The van der Waals surface area contributed by atoms with Gasteiger partial charge in [0.1, 0.15) is 85.0 Å². The maximum Gasteiger partial charge on any atom is 0.483 e. The van der Waals surface area contributed by atoms with Gasteiger partial charge in [-0.2, -0.15) is 4.31 Å². The van der Waals surface area contributed by atoms with Crippen molar-refractivity contribution in [1.82, 2.24) is 37.2 Å². The van der Waals surface area contributed by atoms with Crippen molar-refractivity contribution in [2.24, 2.45) is 11.5 Å². The number of ether oxygens (including phenoxy) is 4. The fourth-order valence-corrected chi connectivity index (χ4v) is 16.3. The second-order valence-electron chi connectivity index (χ2n) is 35.2. The lowest BCUT2D eigenvalue weighted by Crippen LogP contribution is -2.70. The molecule has 0 aromatic rings. The van der Waals surface area contributed by atoms with Crippen LogP contribution in [0.4, 0.5) is 0 Å². The number of nitrogens with two attached hydrogens (primary N) is 2. The fourth-order valence-electron chi connectivity index (χ4n) is 14.2. The van der Waals surface area contributed by atoms with Crippen LogP contribution in [-0.2, 0) is 89.4 Å². The third-order valence-corrected chi connectivity index (χ3v) is 25.0. The van der Waals surface area contributed by atoms with Gasteiger partial charge in [0.15, 0.2) is 12.6 Å². The van der Waals surface area contributed by atoms with Crippen LogP contribution >= 0.6 is 15.6 Å². The number of hydrogen-bond acceptors (Lipinski definition) is 24. The number of carbonyl (C=O) groups excluding carboxylic acids is 8. The van der Waals surface area contributed by atoms with Gasteiger partial charge in [-0.3, -0.25) is 57.0 Å². The molecule has 2 aliphatic rings. The first-order chi connectivity index (χ1) is 62.5. The third-order valence-electron chi connectivity index (χ3n) is 22.4. The van der Waals surface area contributed by atoms with Crippen LogP contribution in [-0.4, -0.2) is 224 Å². The number of primary amides is 1. The van der Waals surface area contributed by atoms with Gasteiger partial charge in [-0.25, -0.2) is 9.13 Å². The Hall–Kier alpha value is -8.26. The minimum absolute atomic E-state index is 0.00951. The number of hydrogen-bond donors (Lipinski definition) is 17. The summed E-state index contributed by atoms with van der Waals surface area (Å²) in [6.45, 7) is 28.6. The lowest BCUT2D eigenvalue weighted by molar-refractivity contribution is -0.331. The average Bonchev–Trinajstić information content (AvgIpc) is 0.764. The van der Waals surface area contributed by atoms with Gasteiger partial charge in [0.2, 0.25) is 47.3 Å². The number of unbranched alkanes of at least 4 members (excludes halogenated alkanes) is 1. The summed E-state index contributed by atoms with van der Waals surface area (Å²) in [7, 11) is -11.5. The Morgan fingerprint density at radius 3 is 1.24 bits per heavy atom. The number of carboxylic acid groups (broad SMARTS) is 2. The Morgan fingerprint density at radius 1 is 0.436 bits per heavy atom. The number of phosphoric ester groups is 2. The van der Waals surface area contributed by atoms with Gasteiger partial charge in [-0.1, -0.05) is 128 Å². The topological polar surface area (TPSA) is 568 Å². The molecule has 2 heterocycles. The van der Waals surface area contributed by atoms with Crippen LogP contribution in [0.5, 0.6) is 0 Å². The summed E-state index contributed by atoms with van der Waals surface area (Å²) in [5, 5.41) is 78.0. The molecule has 0 aliphatic carbocycles. The summed E-state index contributed by atoms with van der Waals surface area (Å²) in [5.74, 6) is -10.5. The highest BCUT2D eigenvalue weighted by molar-refractivity contribution is 7.61. The van der Waals surface area contributed by atoms with Gasteiger partial charge >= 0.3 is 27.6 Å². The van der Waals surface area contributed by atoms with E-state index in [9.17, 15) is 92.4 Å². The van der Waals surface area contributed by atoms with E-state index in [0.29, 0.717) is 12.8 Å². The quantitative estimate of drug-likeness (QED) is 0.0153. The standard InChI is InChI=1S/C95H157N9O27P2/c1-59(2)30-20-31-60(3)32-21-33-61(4)34-22-35-62(5)36-23-37-63(6)38-24-39-64(7)40-25-41-65(8)42-26-43-66(9)44-27-45-67(10)46-28-47-68(11)48-29-49-69(12)53-55-125-132(121,122)131-133(123,124)130-95-83(102-74(17)108)87(86(79(58-106)128-95)129-94-82(101-73(16)107)85(112)84(111)78(57-105)127-94)126-72(15)90(115)99-70(13)89(114)104-76(88(97)113)51-52-80(109)103-77(91(116)100-71(14)92(117)118)50-18-19-54-98-81(110)56-75(96)93(119)120/h30,32,34,36,38,40,42,44,46,48,53,70-72,75-79,82-87,94-95,105-106,111-112H,18-29,31,33,35,37,39,41,43,45,47,49-52,54-58,96H2,1-17H3,(H2,97,113)(H,98,110)(H,99,115)(H,100,116)(H,101,107)(H,102,108)(H,103,109)(H,104,114)(H,117,118)(H,119,120)(H,121,122)(H,123,124)/b60-32+,61-34+,62-36-,63-38-,64-40-,65-42-,66-44-,67-46-,68-48-,69-53-/t70-,71-,72+,75+,76+,77+,78+,79+,82+,83+,84+,85+,86+,87+,94-,95+/m0/s1. The maximum absolute atomic E-state index is 14.2. The zero-order chi connectivity index (χ0) is 100. The number of rotatable bonds is 65. The zero-order valence-corrected chi connectivity index (χ0v) is 83.0. The van der Waals surface area contributed by atoms with E-state index in [0.717, 1.165) is 161 Å². The SMILES string of the molecule is CC(=O)N[C@H]1[C@H](O[C@H]2[C@H](O[C@H](C)C(=O)N[C@@H](C)C(=O)N[C@H](CCC(=O)N[C@H](CCCCNC(=O)C[C@@H](N)C(=O)O)C(=O)N[C@@H](C)C(=O)O)C(N)=O)[C@@H](NC(C)=O)[C@@H](OP(=O)(O)OP(=O)(O)OC/C=C(/C)CC/C=C(/C)CC/C=C(/C)CC/C=C(/C)CC/C=C(/C)CC/C=C(/C)CC/C=C(/C)CC/C=C(/C)CC/C=C(\C)CC/C=C(\C)CCC=C(C)C)O[C@@H]2CO)O[C@H](CO)[C@@H](O)[C@@H]1O. The predicted molar refractivity (Wildman–Crippen MR) is 507 cm³/mol. The normalized spacial score (nSPS) is 22.2. The molecule has 2 fully saturated rings. The third kappa shape index (κ3) is 52.6. The molecule has 8 amide bonds. The van der Waals surface area contributed by atoms with Crippen LogP contribution in [0.1, 0.15) is 285 Å². The van der Waals surface area contributed by atoms with Gasteiger partial charge in [-0.05, 0) is 258 Å². The predicted octanol–water partition coefficient (Wildman–Crippen LogP) is 11.2. The number of aliphatic carboxylic acids is 2. The number of aliphatic hydroxyl groups excluding tert-OH is 4. The molecule has 19 N–H and O–H groups in total. The maximum atomic E-state index is 14.2. The Bertz CT molecular complexity index is 4200. The first-order valence-electron chi connectivity index (χ1n) is 46.1. The van der Waals surface area contributed by atoms with Crippen LogP contribution in [0.3, 0.4) is 0 Å². The van der Waals surface area contributed by atoms with E-state index in [2.05, 4.69) is 172 Å². The van der Waals surface area contributed by atoms with E-state index in [1.165, 1.54) is 56.2 Å². The molecular weight excluding hydrogens is 1760 g/mol. The highest BCUT2D eigenvalue weighted by atomic mass is 31.3. The van der Waals surface area contributed by atoms with E-state index in [1.54, 1.807) is 6.92 Å². The summed E-state index contributed by atoms with van der Waals surface area (Å²) in [6.07, 6.45) is 26.0. The summed E-state index contributed by atoms with van der Waals surface area (Å²) >= 11 is 0. The fraction of sp³-hybridized carbons (Fsp3) is 0.663. The molecule has 0 saturated carbocycles. The molecule has 2 unspecified atom stereocenters. The molecule has 0 spiro atoms. The van der Waals surface area contributed by atoms with Crippen molar-refractivity contribution < 1.29 is 130 Å². The Labute approximate surface area is 786 Å². The first-order valence-corrected chi connectivity index (χ1v) is 49.1.